The van der Waals surface area contributed by atoms with Crippen molar-refractivity contribution in [1.82, 2.24) is 15.2 Å². The number of halogens is 1. The van der Waals surface area contributed by atoms with Gasteiger partial charge in [0.1, 0.15) is 5.82 Å². The Kier molecular flexibility index (Phi) is 3.77. The van der Waals surface area contributed by atoms with E-state index in [0.717, 1.165) is 11.4 Å². The second kappa shape index (κ2) is 5.87. The van der Waals surface area contributed by atoms with Crippen molar-refractivity contribution < 1.29 is 4.39 Å². The van der Waals surface area contributed by atoms with Crippen molar-refractivity contribution >= 4 is 0 Å². The lowest BCUT2D eigenvalue weighted by Crippen LogP contribution is -2.31. The molecular weight excluding hydrogens is 267 g/mol. The number of hydrogen-bond acceptors (Lipinski definition) is 3. The van der Waals surface area contributed by atoms with Crippen LogP contribution in [0.5, 0.6) is 0 Å². The van der Waals surface area contributed by atoms with Gasteiger partial charge in [-0.05, 0) is 24.3 Å². The van der Waals surface area contributed by atoms with E-state index in [1.807, 2.05) is 36.4 Å². The van der Waals surface area contributed by atoms with Gasteiger partial charge >= 0.3 is 0 Å². The predicted octanol–water partition coefficient (Wildman–Crippen LogP) is 2.56. The van der Waals surface area contributed by atoms with Crippen molar-refractivity contribution in [3.8, 4) is 5.69 Å². The minimum absolute atomic E-state index is 0.304. The van der Waals surface area contributed by atoms with Gasteiger partial charge in [0.25, 0.3) is 0 Å². The zero-order chi connectivity index (χ0) is 14.7. The van der Waals surface area contributed by atoms with Crippen molar-refractivity contribution in [2.45, 2.75) is 6.04 Å². The number of benzene rings is 2. The normalized spacial score (nSPS) is 12.3. The Morgan fingerprint density at radius 3 is 2.43 bits per heavy atom. The lowest BCUT2D eigenvalue weighted by atomic mass is 10.0. The average molecular weight is 282 g/mol. The van der Waals surface area contributed by atoms with E-state index in [0.29, 0.717) is 5.56 Å². The van der Waals surface area contributed by atoms with Crippen LogP contribution in [0, 0.1) is 5.82 Å². The van der Waals surface area contributed by atoms with E-state index in [9.17, 15) is 4.39 Å². The van der Waals surface area contributed by atoms with Gasteiger partial charge in [0.15, 0.2) is 0 Å². The number of rotatable bonds is 4. The highest BCUT2D eigenvalue weighted by atomic mass is 19.1. The van der Waals surface area contributed by atoms with Gasteiger partial charge in [-0.2, -0.15) is 5.10 Å². The molecule has 0 aliphatic rings. The van der Waals surface area contributed by atoms with E-state index in [4.69, 9.17) is 5.84 Å². The summed E-state index contributed by atoms with van der Waals surface area (Å²) < 4.78 is 15.8. The first kappa shape index (κ1) is 13.5. The fraction of sp³-hybridized carbons (Fsp3) is 0.0625. The van der Waals surface area contributed by atoms with Gasteiger partial charge in [0.2, 0.25) is 0 Å². The minimum Gasteiger partial charge on any atom is -0.271 e. The summed E-state index contributed by atoms with van der Waals surface area (Å²) in [4.78, 5) is 0. The molecule has 0 saturated heterocycles. The summed E-state index contributed by atoms with van der Waals surface area (Å²) in [7, 11) is 0. The Morgan fingerprint density at radius 1 is 1.00 bits per heavy atom. The van der Waals surface area contributed by atoms with Crippen molar-refractivity contribution in [3.05, 3.63) is 83.9 Å². The molecule has 0 bridgehead atoms. The number of hydrazine groups is 1. The van der Waals surface area contributed by atoms with Crippen LogP contribution in [-0.2, 0) is 0 Å². The lowest BCUT2D eigenvalue weighted by Gasteiger charge is -2.18. The fourth-order valence-electron chi connectivity index (χ4n) is 2.36. The molecule has 1 atom stereocenters. The summed E-state index contributed by atoms with van der Waals surface area (Å²) in [6, 6.07) is 17.6. The molecule has 2 aromatic carbocycles. The first-order chi connectivity index (χ1) is 10.3. The number of hydrogen-bond donors (Lipinski definition) is 2. The summed E-state index contributed by atoms with van der Waals surface area (Å²) in [6.45, 7) is 0. The molecular formula is C16H15FN4. The maximum absolute atomic E-state index is 14.0. The average Bonchev–Trinajstić information content (AvgIpc) is 3.00. The fourth-order valence-corrected chi connectivity index (χ4v) is 2.36. The maximum atomic E-state index is 14.0. The van der Waals surface area contributed by atoms with Crippen LogP contribution < -0.4 is 11.3 Å². The highest BCUT2D eigenvalue weighted by Crippen LogP contribution is 2.25. The highest BCUT2D eigenvalue weighted by molar-refractivity contribution is 5.36. The second-order valence-electron chi connectivity index (χ2n) is 4.62. The van der Waals surface area contributed by atoms with Crippen LogP contribution >= 0.6 is 0 Å². The van der Waals surface area contributed by atoms with E-state index in [1.165, 1.54) is 6.07 Å². The van der Waals surface area contributed by atoms with Gasteiger partial charge in [-0.25, -0.2) is 14.5 Å². The molecule has 1 aromatic heterocycles. The number of nitrogens with two attached hydrogens (primary N) is 1. The van der Waals surface area contributed by atoms with Crippen LogP contribution in [0.2, 0.25) is 0 Å². The Balaban J connectivity index is 2.08. The molecule has 0 radical (unpaired) electrons. The number of nitrogens with zero attached hydrogens (tertiary/aromatic N) is 2. The van der Waals surface area contributed by atoms with E-state index < -0.39 is 6.04 Å². The van der Waals surface area contributed by atoms with Gasteiger partial charge in [0, 0.05) is 11.8 Å². The van der Waals surface area contributed by atoms with Crippen molar-refractivity contribution in [3.63, 3.8) is 0 Å². The monoisotopic (exact) mass is 282 g/mol. The van der Waals surface area contributed by atoms with E-state index in [-0.39, 0.29) is 5.82 Å². The highest BCUT2D eigenvalue weighted by Gasteiger charge is 2.20. The van der Waals surface area contributed by atoms with E-state index in [1.54, 1.807) is 29.1 Å². The molecule has 3 rings (SSSR count). The Hall–Kier alpha value is -2.50. The molecule has 0 aliphatic heterocycles. The molecule has 0 amide bonds. The van der Waals surface area contributed by atoms with Crippen LogP contribution in [0.3, 0.4) is 0 Å². The van der Waals surface area contributed by atoms with Gasteiger partial charge in [-0.3, -0.25) is 5.84 Å². The smallest absolute Gasteiger partial charge is 0.128 e. The largest absolute Gasteiger partial charge is 0.271 e. The first-order valence-corrected chi connectivity index (χ1v) is 6.61. The van der Waals surface area contributed by atoms with Crippen LogP contribution in [0.4, 0.5) is 4.39 Å². The van der Waals surface area contributed by atoms with Crippen LogP contribution in [0.25, 0.3) is 5.69 Å². The van der Waals surface area contributed by atoms with Crippen LogP contribution in [0.15, 0.2) is 66.9 Å². The third-order valence-corrected chi connectivity index (χ3v) is 3.35. The molecule has 1 unspecified atom stereocenters. The maximum Gasteiger partial charge on any atom is 0.128 e. The lowest BCUT2D eigenvalue weighted by molar-refractivity contribution is 0.543. The Morgan fingerprint density at radius 2 is 1.71 bits per heavy atom. The second-order valence-corrected chi connectivity index (χ2v) is 4.62. The van der Waals surface area contributed by atoms with Crippen molar-refractivity contribution in [1.29, 1.82) is 0 Å². The molecule has 0 saturated carbocycles. The molecule has 3 aromatic rings. The summed E-state index contributed by atoms with van der Waals surface area (Å²) in [5, 5.41) is 4.31. The summed E-state index contributed by atoms with van der Waals surface area (Å²) >= 11 is 0. The molecule has 3 N–H and O–H groups in total. The molecule has 106 valence electrons. The minimum atomic E-state index is -0.478. The topological polar surface area (TPSA) is 55.9 Å². The van der Waals surface area contributed by atoms with Crippen LogP contribution in [-0.4, -0.2) is 9.78 Å². The molecule has 1 heterocycles. The molecule has 0 fully saturated rings. The summed E-state index contributed by atoms with van der Waals surface area (Å²) in [6.07, 6.45) is 1.67. The Labute approximate surface area is 122 Å². The van der Waals surface area contributed by atoms with Crippen molar-refractivity contribution in [2.75, 3.05) is 0 Å². The van der Waals surface area contributed by atoms with E-state index in [2.05, 4.69) is 10.5 Å². The molecule has 21 heavy (non-hydrogen) atoms. The summed E-state index contributed by atoms with van der Waals surface area (Å²) in [5.74, 6) is 5.35. The summed E-state index contributed by atoms with van der Waals surface area (Å²) in [5.41, 5.74) is 4.82. The van der Waals surface area contributed by atoms with Gasteiger partial charge in [-0.15, -0.1) is 0 Å². The third kappa shape index (κ3) is 2.56. The number of para-hydroxylation sites is 1. The van der Waals surface area contributed by atoms with Crippen LogP contribution in [0.1, 0.15) is 17.3 Å². The first-order valence-electron chi connectivity index (χ1n) is 6.61. The van der Waals surface area contributed by atoms with Crippen molar-refractivity contribution in [2.24, 2.45) is 5.84 Å². The zero-order valence-corrected chi connectivity index (χ0v) is 11.3. The number of aromatic nitrogens is 2. The molecule has 4 nitrogen and oxygen atoms in total. The predicted molar refractivity (Wildman–Crippen MR) is 79.1 cm³/mol. The standard InChI is InChI=1S/C16H15FN4/c17-14-9-5-4-8-13(14)16(20-18)15-10-11-19-21(15)12-6-2-1-3-7-12/h1-11,16,20H,18H2. The SMILES string of the molecule is NNC(c1ccccc1F)c1ccnn1-c1ccccc1. The van der Waals surface area contributed by atoms with Gasteiger partial charge in [0.05, 0.1) is 17.4 Å². The third-order valence-electron chi connectivity index (χ3n) is 3.35. The van der Waals surface area contributed by atoms with E-state index >= 15 is 0 Å². The zero-order valence-electron chi connectivity index (χ0n) is 11.3. The molecule has 0 spiro atoms. The quantitative estimate of drug-likeness (QED) is 0.571. The van der Waals surface area contributed by atoms with Gasteiger partial charge < -0.3 is 0 Å². The molecule has 0 aliphatic carbocycles. The molecule has 5 heteroatoms. The Bertz CT molecular complexity index is 724. The van der Waals surface area contributed by atoms with Gasteiger partial charge in [-0.1, -0.05) is 36.4 Å². The number of nitrogens with one attached hydrogen (secondary N) is 1.